The standard InChI is InChI=1S/C15H18N4OS/c1-2-6-13(7-3-1)8-5-11-21-15-16-17-18-19(15)12-14-9-4-10-20-14/h1-3,5-8,14H,4,9-12H2/b8-5-/t14-/m0/s1. The summed E-state index contributed by atoms with van der Waals surface area (Å²) in [4.78, 5) is 0. The summed E-state index contributed by atoms with van der Waals surface area (Å²) in [5.74, 6) is 0.848. The fourth-order valence-electron chi connectivity index (χ4n) is 2.27. The van der Waals surface area contributed by atoms with E-state index < -0.39 is 0 Å². The van der Waals surface area contributed by atoms with E-state index in [9.17, 15) is 0 Å². The average Bonchev–Trinajstić information content (AvgIpc) is 3.18. The molecule has 1 atom stereocenters. The molecule has 0 bridgehead atoms. The lowest BCUT2D eigenvalue weighted by Crippen LogP contribution is -2.16. The van der Waals surface area contributed by atoms with Gasteiger partial charge in [0.25, 0.3) is 0 Å². The highest BCUT2D eigenvalue weighted by Gasteiger charge is 2.18. The highest BCUT2D eigenvalue weighted by Crippen LogP contribution is 2.18. The minimum Gasteiger partial charge on any atom is -0.376 e. The topological polar surface area (TPSA) is 52.8 Å². The van der Waals surface area contributed by atoms with E-state index in [0.717, 1.165) is 36.9 Å². The molecule has 21 heavy (non-hydrogen) atoms. The van der Waals surface area contributed by atoms with Crippen molar-refractivity contribution in [3.8, 4) is 0 Å². The summed E-state index contributed by atoms with van der Waals surface area (Å²) in [7, 11) is 0. The maximum atomic E-state index is 5.63. The molecule has 6 heteroatoms. The fourth-order valence-corrected chi connectivity index (χ4v) is 2.96. The van der Waals surface area contributed by atoms with Crippen molar-refractivity contribution in [1.82, 2.24) is 20.2 Å². The Morgan fingerprint density at radius 2 is 2.24 bits per heavy atom. The predicted molar refractivity (Wildman–Crippen MR) is 83.0 cm³/mol. The number of benzene rings is 1. The number of tetrazole rings is 1. The Morgan fingerprint density at radius 3 is 3.05 bits per heavy atom. The lowest BCUT2D eigenvalue weighted by Gasteiger charge is -2.09. The molecule has 1 aliphatic heterocycles. The molecular formula is C15H18N4OS. The third-order valence-corrected chi connectivity index (χ3v) is 4.23. The number of rotatable bonds is 6. The second-order valence-electron chi connectivity index (χ2n) is 4.90. The molecule has 1 aliphatic rings. The summed E-state index contributed by atoms with van der Waals surface area (Å²) in [5, 5.41) is 12.7. The maximum Gasteiger partial charge on any atom is 0.209 e. The normalized spacial score (nSPS) is 18.6. The Balaban J connectivity index is 1.51. The van der Waals surface area contributed by atoms with Crippen molar-refractivity contribution in [2.24, 2.45) is 0 Å². The zero-order valence-electron chi connectivity index (χ0n) is 11.8. The van der Waals surface area contributed by atoms with Crippen molar-refractivity contribution >= 4 is 17.8 Å². The highest BCUT2D eigenvalue weighted by molar-refractivity contribution is 7.99. The molecule has 2 aromatic rings. The van der Waals surface area contributed by atoms with Gasteiger partial charge in [0, 0.05) is 12.4 Å². The zero-order chi connectivity index (χ0) is 14.3. The van der Waals surface area contributed by atoms with Crippen LogP contribution in [0.2, 0.25) is 0 Å². The Kier molecular flexibility index (Phi) is 5.02. The Labute approximate surface area is 128 Å². The van der Waals surface area contributed by atoms with Gasteiger partial charge in [0.2, 0.25) is 5.16 Å². The van der Waals surface area contributed by atoms with Crippen LogP contribution >= 0.6 is 11.8 Å². The first kappa shape index (κ1) is 14.3. The zero-order valence-corrected chi connectivity index (χ0v) is 12.6. The molecule has 0 amide bonds. The van der Waals surface area contributed by atoms with Crippen molar-refractivity contribution in [3.63, 3.8) is 0 Å². The van der Waals surface area contributed by atoms with Gasteiger partial charge in [-0.25, -0.2) is 4.68 Å². The SMILES string of the molecule is C(=C/c1ccccc1)/CSc1nnnn1C[C@@H]1CCCO1. The van der Waals surface area contributed by atoms with Crippen molar-refractivity contribution in [3.05, 3.63) is 42.0 Å². The summed E-state index contributed by atoms with van der Waals surface area (Å²) < 4.78 is 7.47. The van der Waals surface area contributed by atoms with Gasteiger partial charge in [-0.2, -0.15) is 0 Å². The van der Waals surface area contributed by atoms with Gasteiger partial charge in [0.05, 0.1) is 12.6 Å². The second kappa shape index (κ2) is 7.38. The van der Waals surface area contributed by atoms with E-state index in [4.69, 9.17) is 4.74 Å². The van der Waals surface area contributed by atoms with Crippen molar-refractivity contribution in [2.75, 3.05) is 12.4 Å². The lowest BCUT2D eigenvalue weighted by atomic mass is 10.2. The van der Waals surface area contributed by atoms with Crippen LogP contribution in [0.25, 0.3) is 6.08 Å². The number of aromatic nitrogens is 4. The van der Waals surface area contributed by atoms with Gasteiger partial charge in [-0.05, 0) is 28.8 Å². The summed E-state index contributed by atoms with van der Waals surface area (Å²) in [6, 6.07) is 10.3. The van der Waals surface area contributed by atoms with Crippen LogP contribution in [-0.4, -0.2) is 38.7 Å². The smallest absolute Gasteiger partial charge is 0.209 e. The molecule has 1 aromatic carbocycles. The molecule has 5 nitrogen and oxygen atoms in total. The predicted octanol–water partition coefficient (Wildman–Crippen LogP) is 2.66. The molecule has 2 heterocycles. The minimum atomic E-state index is 0.257. The highest BCUT2D eigenvalue weighted by atomic mass is 32.2. The number of hydrogen-bond donors (Lipinski definition) is 0. The van der Waals surface area contributed by atoms with E-state index >= 15 is 0 Å². The van der Waals surface area contributed by atoms with Crippen LogP contribution in [0, 0.1) is 0 Å². The number of thioether (sulfide) groups is 1. The van der Waals surface area contributed by atoms with E-state index in [0.29, 0.717) is 0 Å². The van der Waals surface area contributed by atoms with Gasteiger partial charge in [-0.3, -0.25) is 0 Å². The molecule has 1 fully saturated rings. The van der Waals surface area contributed by atoms with Gasteiger partial charge in [-0.1, -0.05) is 54.2 Å². The van der Waals surface area contributed by atoms with Crippen molar-refractivity contribution in [2.45, 2.75) is 30.6 Å². The van der Waals surface area contributed by atoms with Crippen LogP contribution < -0.4 is 0 Å². The quantitative estimate of drug-likeness (QED) is 0.768. The van der Waals surface area contributed by atoms with Crippen molar-refractivity contribution < 1.29 is 4.74 Å². The lowest BCUT2D eigenvalue weighted by molar-refractivity contribution is 0.0912. The Bertz CT molecular complexity index is 578. The summed E-state index contributed by atoms with van der Waals surface area (Å²) in [6.45, 7) is 1.60. The number of hydrogen-bond acceptors (Lipinski definition) is 5. The van der Waals surface area contributed by atoms with E-state index in [-0.39, 0.29) is 6.10 Å². The molecule has 1 saturated heterocycles. The Hall–Kier alpha value is -1.66. The van der Waals surface area contributed by atoms with E-state index in [1.807, 2.05) is 22.9 Å². The first-order chi connectivity index (χ1) is 10.4. The molecule has 0 radical (unpaired) electrons. The molecule has 1 aromatic heterocycles. The summed E-state index contributed by atoms with van der Waals surface area (Å²) in [6.07, 6.45) is 6.73. The van der Waals surface area contributed by atoms with Gasteiger partial charge >= 0.3 is 0 Å². The van der Waals surface area contributed by atoms with Crippen molar-refractivity contribution in [1.29, 1.82) is 0 Å². The molecule has 3 rings (SSSR count). The number of nitrogens with zero attached hydrogens (tertiary/aromatic N) is 4. The third-order valence-electron chi connectivity index (χ3n) is 3.32. The van der Waals surface area contributed by atoms with E-state index in [2.05, 4.69) is 39.8 Å². The fraction of sp³-hybridized carbons (Fsp3) is 0.400. The molecular weight excluding hydrogens is 284 g/mol. The minimum absolute atomic E-state index is 0.257. The average molecular weight is 302 g/mol. The van der Waals surface area contributed by atoms with Crippen LogP contribution in [0.15, 0.2) is 41.6 Å². The largest absolute Gasteiger partial charge is 0.376 e. The second-order valence-corrected chi connectivity index (χ2v) is 5.89. The molecule has 0 spiro atoms. The van der Waals surface area contributed by atoms with Crippen LogP contribution in [0.1, 0.15) is 18.4 Å². The summed E-state index contributed by atoms with van der Waals surface area (Å²) >= 11 is 1.64. The first-order valence-electron chi connectivity index (χ1n) is 7.14. The Morgan fingerprint density at radius 1 is 1.33 bits per heavy atom. The molecule has 0 saturated carbocycles. The van der Waals surface area contributed by atoms with Crippen LogP contribution in [-0.2, 0) is 11.3 Å². The van der Waals surface area contributed by atoms with Crippen LogP contribution in [0.3, 0.4) is 0 Å². The van der Waals surface area contributed by atoms with Gasteiger partial charge in [-0.15, -0.1) is 5.10 Å². The summed E-state index contributed by atoms with van der Waals surface area (Å²) in [5.41, 5.74) is 1.21. The molecule has 0 aliphatic carbocycles. The van der Waals surface area contributed by atoms with Gasteiger partial charge < -0.3 is 4.74 Å². The third kappa shape index (κ3) is 4.15. The van der Waals surface area contributed by atoms with Gasteiger partial charge in [0.1, 0.15) is 0 Å². The molecule has 110 valence electrons. The molecule has 0 unspecified atom stereocenters. The van der Waals surface area contributed by atoms with E-state index in [1.54, 1.807) is 11.8 Å². The first-order valence-corrected chi connectivity index (χ1v) is 8.12. The monoisotopic (exact) mass is 302 g/mol. The number of ether oxygens (including phenoxy) is 1. The maximum absolute atomic E-state index is 5.63. The van der Waals surface area contributed by atoms with Crippen LogP contribution in [0.5, 0.6) is 0 Å². The van der Waals surface area contributed by atoms with Crippen LogP contribution in [0.4, 0.5) is 0 Å². The van der Waals surface area contributed by atoms with E-state index in [1.165, 1.54) is 5.56 Å². The van der Waals surface area contributed by atoms with Gasteiger partial charge in [0.15, 0.2) is 0 Å². The molecule has 0 N–H and O–H groups in total.